The van der Waals surface area contributed by atoms with Gasteiger partial charge in [-0.25, -0.2) is 0 Å². The molecule has 1 amide bonds. The maximum Gasteiger partial charge on any atom is 0.251 e. The van der Waals surface area contributed by atoms with Crippen molar-refractivity contribution in [2.24, 2.45) is 0 Å². The Bertz CT molecular complexity index is 699. The first-order valence-electron chi connectivity index (χ1n) is 11.4. The zero-order valence-corrected chi connectivity index (χ0v) is 23.6. The molecular formula is C24H42N2O4S3. The van der Waals surface area contributed by atoms with Gasteiger partial charge < -0.3 is 24.8 Å². The van der Waals surface area contributed by atoms with Crippen molar-refractivity contribution in [1.29, 1.82) is 0 Å². The zero-order valence-electron chi connectivity index (χ0n) is 21.1. The summed E-state index contributed by atoms with van der Waals surface area (Å²) in [6.07, 6.45) is 0. The first-order valence-corrected chi connectivity index (χ1v) is 14.1. The van der Waals surface area contributed by atoms with Gasteiger partial charge in [0.15, 0.2) is 4.93 Å². The molecule has 0 heterocycles. The molecule has 33 heavy (non-hydrogen) atoms. The van der Waals surface area contributed by atoms with E-state index in [1.54, 1.807) is 33.7 Å². The lowest BCUT2D eigenvalue weighted by Crippen LogP contribution is -2.34. The van der Waals surface area contributed by atoms with Crippen molar-refractivity contribution in [3.05, 3.63) is 29.8 Å². The van der Waals surface area contributed by atoms with E-state index in [-0.39, 0.29) is 15.9 Å². The Labute approximate surface area is 213 Å². The second-order valence-corrected chi connectivity index (χ2v) is 13.7. The number of benzene rings is 1. The Kier molecular flexibility index (Phi) is 14.2. The molecule has 0 aromatic heterocycles. The molecular weight excluding hydrogens is 476 g/mol. The fourth-order valence-corrected chi connectivity index (χ4v) is 4.79. The molecule has 0 saturated carbocycles. The van der Waals surface area contributed by atoms with E-state index in [1.807, 2.05) is 26.0 Å². The van der Waals surface area contributed by atoms with Gasteiger partial charge in [-0.15, -0.1) is 0 Å². The Morgan fingerprint density at radius 1 is 1.09 bits per heavy atom. The molecule has 9 heteroatoms. The monoisotopic (exact) mass is 518 g/mol. The highest BCUT2D eigenvalue weighted by Gasteiger charge is 2.30. The van der Waals surface area contributed by atoms with Crippen LogP contribution in [0.5, 0.6) is 5.75 Å². The van der Waals surface area contributed by atoms with Crippen LogP contribution < -0.4 is 15.4 Å². The van der Waals surface area contributed by atoms with Crippen LogP contribution >= 0.6 is 34.2 Å². The molecule has 2 unspecified atom stereocenters. The molecule has 0 radical (unpaired) electrons. The van der Waals surface area contributed by atoms with Crippen molar-refractivity contribution < 1.29 is 19.0 Å². The number of amides is 1. The lowest BCUT2D eigenvalue weighted by Gasteiger charge is -2.31. The van der Waals surface area contributed by atoms with Gasteiger partial charge in [-0.05, 0) is 25.1 Å². The van der Waals surface area contributed by atoms with Crippen molar-refractivity contribution in [3.63, 3.8) is 0 Å². The summed E-state index contributed by atoms with van der Waals surface area (Å²) < 4.78 is 17.9. The normalized spacial score (nSPS) is 14.7. The lowest BCUT2D eigenvalue weighted by molar-refractivity contribution is -0.0235. The fourth-order valence-electron chi connectivity index (χ4n) is 2.45. The van der Waals surface area contributed by atoms with E-state index in [1.165, 1.54) is 0 Å². The van der Waals surface area contributed by atoms with Gasteiger partial charge in [0, 0.05) is 34.7 Å². The number of carbonyl (C=O) groups is 1. The van der Waals surface area contributed by atoms with Gasteiger partial charge in [0.1, 0.15) is 12.4 Å². The average Bonchev–Trinajstić information content (AvgIpc) is 2.73. The molecule has 1 aromatic rings. The number of ether oxygens (including phenoxy) is 3. The zero-order chi connectivity index (χ0) is 24.9. The van der Waals surface area contributed by atoms with E-state index in [0.29, 0.717) is 50.3 Å². The van der Waals surface area contributed by atoms with Crippen LogP contribution in [0.1, 0.15) is 58.8 Å². The SMILES string of the molecule is CC(S)COCCOC(C)(COc1cccc(C(=O)NCCNC(C)C)c1)SSC(C)(C)C. The predicted molar refractivity (Wildman–Crippen MR) is 146 cm³/mol. The minimum Gasteiger partial charge on any atom is -0.490 e. The molecule has 0 fully saturated rings. The van der Waals surface area contributed by atoms with Crippen molar-refractivity contribution in [2.45, 2.75) is 69.4 Å². The number of thiol groups is 1. The summed E-state index contributed by atoms with van der Waals surface area (Å²) in [5.41, 5.74) is 0.575. The van der Waals surface area contributed by atoms with Gasteiger partial charge in [-0.3, -0.25) is 4.79 Å². The Balaban J connectivity index is 2.66. The smallest absolute Gasteiger partial charge is 0.251 e. The second-order valence-electron chi connectivity index (χ2n) is 9.37. The molecule has 0 aliphatic heterocycles. The molecule has 2 atom stereocenters. The Morgan fingerprint density at radius 2 is 1.82 bits per heavy atom. The van der Waals surface area contributed by atoms with Gasteiger partial charge in [0.25, 0.3) is 5.91 Å². The minimum atomic E-state index is -0.575. The molecule has 6 nitrogen and oxygen atoms in total. The van der Waals surface area contributed by atoms with Gasteiger partial charge in [0.05, 0.1) is 19.8 Å². The third-order valence-corrected chi connectivity index (χ3v) is 8.15. The van der Waals surface area contributed by atoms with Crippen LogP contribution in [0.15, 0.2) is 24.3 Å². The molecule has 0 bridgehead atoms. The van der Waals surface area contributed by atoms with Gasteiger partial charge in [0.2, 0.25) is 0 Å². The molecule has 0 aliphatic rings. The summed E-state index contributed by atoms with van der Waals surface area (Å²) in [5, 5.41) is 6.41. The van der Waals surface area contributed by atoms with Crippen molar-refractivity contribution in [3.8, 4) is 5.75 Å². The highest BCUT2D eigenvalue weighted by molar-refractivity contribution is 8.77. The van der Waals surface area contributed by atoms with Crippen LogP contribution in [0.4, 0.5) is 0 Å². The quantitative estimate of drug-likeness (QED) is 0.123. The predicted octanol–water partition coefficient (Wildman–Crippen LogP) is 5.04. The molecule has 1 aromatic carbocycles. The second kappa shape index (κ2) is 15.4. The standard InChI is InChI=1S/C24H42N2O4S3/c1-18(2)25-11-12-26-22(27)20-9-8-10-21(15-20)29-17-24(7,33-32-23(4,5)6)30-14-13-28-16-19(3)31/h8-10,15,18-19,25,31H,11-14,16-17H2,1-7H3,(H,26,27). The molecule has 0 aliphatic carbocycles. The molecule has 0 spiro atoms. The third-order valence-electron chi connectivity index (χ3n) is 4.02. The highest BCUT2D eigenvalue weighted by Crippen LogP contribution is 2.44. The largest absolute Gasteiger partial charge is 0.490 e. The van der Waals surface area contributed by atoms with E-state index in [9.17, 15) is 4.79 Å². The highest BCUT2D eigenvalue weighted by atomic mass is 33.1. The van der Waals surface area contributed by atoms with Crippen LogP contribution in [0.3, 0.4) is 0 Å². The summed E-state index contributed by atoms with van der Waals surface area (Å²) in [6.45, 7) is 17.9. The Hall–Kier alpha value is -0.580. The van der Waals surface area contributed by atoms with E-state index in [2.05, 4.69) is 57.9 Å². The summed E-state index contributed by atoms with van der Waals surface area (Å²) >= 11 is 4.33. The summed E-state index contributed by atoms with van der Waals surface area (Å²) in [5.74, 6) is 0.525. The minimum absolute atomic E-state index is 0.0790. The topological polar surface area (TPSA) is 68.8 Å². The van der Waals surface area contributed by atoms with Crippen LogP contribution in [0.2, 0.25) is 0 Å². The molecule has 0 saturated heterocycles. The molecule has 2 N–H and O–H groups in total. The number of nitrogens with one attached hydrogen (secondary N) is 2. The maximum absolute atomic E-state index is 12.5. The van der Waals surface area contributed by atoms with Crippen LogP contribution in [0, 0.1) is 0 Å². The third kappa shape index (κ3) is 15.1. The average molecular weight is 519 g/mol. The summed E-state index contributed by atoms with van der Waals surface area (Å²) in [4.78, 5) is 11.9. The van der Waals surface area contributed by atoms with Crippen LogP contribution in [-0.2, 0) is 9.47 Å². The van der Waals surface area contributed by atoms with E-state index in [4.69, 9.17) is 14.2 Å². The number of hydrogen-bond acceptors (Lipinski definition) is 8. The first-order chi connectivity index (χ1) is 15.4. The lowest BCUT2D eigenvalue weighted by atomic mass is 10.2. The fraction of sp³-hybridized carbons (Fsp3) is 0.708. The van der Waals surface area contributed by atoms with E-state index < -0.39 is 4.93 Å². The maximum atomic E-state index is 12.5. The van der Waals surface area contributed by atoms with Gasteiger partial charge in [-0.2, -0.15) is 12.6 Å². The van der Waals surface area contributed by atoms with Crippen LogP contribution in [0.25, 0.3) is 0 Å². The summed E-state index contributed by atoms with van der Waals surface area (Å²) in [7, 11) is 3.41. The molecule has 1 rings (SSSR count). The molecule has 190 valence electrons. The number of hydrogen-bond donors (Lipinski definition) is 3. The number of carbonyl (C=O) groups excluding carboxylic acids is 1. The van der Waals surface area contributed by atoms with Crippen molar-refractivity contribution >= 4 is 40.1 Å². The van der Waals surface area contributed by atoms with Gasteiger partial charge >= 0.3 is 0 Å². The summed E-state index contributed by atoms with van der Waals surface area (Å²) in [6, 6.07) is 7.64. The van der Waals surface area contributed by atoms with Crippen molar-refractivity contribution in [1.82, 2.24) is 10.6 Å². The van der Waals surface area contributed by atoms with E-state index >= 15 is 0 Å². The number of rotatable bonds is 16. The van der Waals surface area contributed by atoms with E-state index in [0.717, 1.165) is 6.54 Å². The first kappa shape index (κ1) is 30.5. The van der Waals surface area contributed by atoms with Gasteiger partial charge in [-0.1, -0.05) is 69.2 Å². The van der Waals surface area contributed by atoms with Crippen molar-refractivity contribution in [2.75, 3.05) is 39.5 Å². The van der Waals surface area contributed by atoms with Crippen LogP contribution in [-0.4, -0.2) is 66.4 Å². The Morgan fingerprint density at radius 3 is 2.45 bits per heavy atom.